The van der Waals surface area contributed by atoms with Gasteiger partial charge in [-0.3, -0.25) is 4.90 Å². The summed E-state index contributed by atoms with van der Waals surface area (Å²) < 4.78 is 0. The molecule has 0 spiro atoms. The third kappa shape index (κ3) is 2.41. The van der Waals surface area contributed by atoms with Gasteiger partial charge >= 0.3 is 0 Å². The second kappa shape index (κ2) is 5.13. The van der Waals surface area contributed by atoms with Crippen molar-refractivity contribution >= 4 is 11.0 Å². The second-order valence-corrected chi connectivity index (χ2v) is 6.65. The molecule has 0 bridgehead atoms. The van der Waals surface area contributed by atoms with Gasteiger partial charge in [0.05, 0.1) is 0 Å². The molecule has 5 heteroatoms. The quantitative estimate of drug-likeness (QED) is 0.808. The molecule has 23 heavy (non-hydrogen) atoms. The number of aromatic nitrogens is 4. The molecule has 0 unspecified atom stereocenters. The van der Waals surface area contributed by atoms with Gasteiger partial charge in [0.2, 0.25) is 0 Å². The minimum Gasteiger partial charge on any atom is -0.346 e. The van der Waals surface area contributed by atoms with E-state index < -0.39 is 0 Å². The Kier molecular flexibility index (Phi) is 2.94. The molecule has 1 N–H and O–H groups in total. The molecule has 4 heterocycles. The highest BCUT2D eigenvalue weighted by Gasteiger charge is 2.28. The first kappa shape index (κ1) is 13.2. The molecule has 5 nitrogen and oxygen atoms in total. The lowest BCUT2D eigenvalue weighted by atomic mass is 10.1. The molecule has 0 saturated heterocycles. The van der Waals surface area contributed by atoms with Crippen molar-refractivity contribution in [1.29, 1.82) is 0 Å². The molecule has 0 atom stereocenters. The molecule has 1 fully saturated rings. The van der Waals surface area contributed by atoms with Crippen molar-refractivity contribution in [3.63, 3.8) is 0 Å². The summed E-state index contributed by atoms with van der Waals surface area (Å²) in [6, 6.07) is 4.13. The Labute approximate surface area is 134 Å². The van der Waals surface area contributed by atoms with Crippen molar-refractivity contribution in [2.45, 2.75) is 38.3 Å². The number of fused-ring (bicyclic) bond motifs is 2. The van der Waals surface area contributed by atoms with Crippen LogP contribution in [0.2, 0.25) is 0 Å². The Hall–Kier alpha value is -2.27. The van der Waals surface area contributed by atoms with Crippen LogP contribution in [0, 0.1) is 0 Å². The fraction of sp³-hybridized carbons (Fsp3) is 0.389. The van der Waals surface area contributed by atoms with Crippen LogP contribution in [-0.2, 0) is 19.5 Å². The van der Waals surface area contributed by atoms with Crippen molar-refractivity contribution < 1.29 is 0 Å². The van der Waals surface area contributed by atoms with Gasteiger partial charge in [-0.1, -0.05) is 0 Å². The Bertz CT molecular complexity index is 865. The Morgan fingerprint density at radius 2 is 2.22 bits per heavy atom. The first-order valence-electron chi connectivity index (χ1n) is 8.35. The van der Waals surface area contributed by atoms with Crippen molar-refractivity contribution in [3.8, 4) is 0 Å². The Morgan fingerprint density at radius 3 is 3.13 bits per heavy atom. The van der Waals surface area contributed by atoms with E-state index in [-0.39, 0.29) is 0 Å². The molecule has 2 aliphatic rings. The highest BCUT2D eigenvalue weighted by Crippen LogP contribution is 2.38. The average molecular weight is 305 g/mol. The van der Waals surface area contributed by atoms with Crippen LogP contribution in [-0.4, -0.2) is 31.4 Å². The van der Waals surface area contributed by atoms with Crippen LogP contribution in [0.1, 0.15) is 41.4 Å². The SMILES string of the molecule is c1cnc2[nH]cc(CN3CCc4nc(C5CC5)ncc4C3)c2c1. The van der Waals surface area contributed by atoms with Crippen LogP contribution in [0.15, 0.2) is 30.7 Å². The largest absolute Gasteiger partial charge is 0.346 e. The minimum absolute atomic E-state index is 0.636. The zero-order chi connectivity index (χ0) is 15.2. The van der Waals surface area contributed by atoms with Crippen LogP contribution < -0.4 is 0 Å². The molecular weight excluding hydrogens is 286 g/mol. The summed E-state index contributed by atoms with van der Waals surface area (Å²) in [4.78, 5) is 19.5. The van der Waals surface area contributed by atoms with Gasteiger partial charge < -0.3 is 4.98 Å². The van der Waals surface area contributed by atoms with Crippen LogP contribution in [0.25, 0.3) is 11.0 Å². The molecule has 0 radical (unpaired) electrons. The van der Waals surface area contributed by atoms with Crippen LogP contribution in [0.4, 0.5) is 0 Å². The third-order valence-corrected chi connectivity index (χ3v) is 4.90. The topological polar surface area (TPSA) is 57.7 Å². The number of hydrogen-bond acceptors (Lipinski definition) is 4. The van der Waals surface area contributed by atoms with E-state index in [1.807, 2.05) is 12.3 Å². The summed E-state index contributed by atoms with van der Waals surface area (Å²) in [5, 5.41) is 1.22. The van der Waals surface area contributed by atoms with Gasteiger partial charge in [0.25, 0.3) is 0 Å². The molecule has 1 aliphatic carbocycles. The summed E-state index contributed by atoms with van der Waals surface area (Å²) in [5.74, 6) is 1.71. The summed E-state index contributed by atoms with van der Waals surface area (Å²) in [6.45, 7) is 2.93. The molecule has 116 valence electrons. The highest BCUT2D eigenvalue weighted by atomic mass is 15.1. The van der Waals surface area contributed by atoms with E-state index in [1.54, 1.807) is 0 Å². The van der Waals surface area contributed by atoms with Gasteiger partial charge in [0, 0.05) is 67.2 Å². The van der Waals surface area contributed by atoms with Crippen molar-refractivity contribution in [1.82, 2.24) is 24.8 Å². The number of hydrogen-bond donors (Lipinski definition) is 1. The number of nitrogens with one attached hydrogen (secondary N) is 1. The van der Waals surface area contributed by atoms with Crippen LogP contribution in [0.5, 0.6) is 0 Å². The van der Waals surface area contributed by atoms with E-state index in [4.69, 9.17) is 4.98 Å². The third-order valence-electron chi connectivity index (χ3n) is 4.90. The average Bonchev–Trinajstić information content (AvgIpc) is 3.37. The minimum atomic E-state index is 0.636. The maximum absolute atomic E-state index is 4.80. The predicted molar refractivity (Wildman–Crippen MR) is 87.9 cm³/mol. The van der Waals surface area contributed by atoms with E-state index in [1.165, 1.54) is 35.0 Å². The first-order valence-corrected chi connectivity index (χ1v) is 8.35. The summed E-state index contributed by atoms with van der Waals surface area (Å²) >= 11 is 0. The van der Waals surface area contributed by atoms with Gasteiger partial charge in [0.15, 0.2) is 0 Å². The molecule has 1 aliphatic heterocycles. The maximum atomic E-state index is 4.80. The van der Waals surface area contributed by atoms with Gasteiger partial charge in [-0.25, -0.2) is 15.0 Å². The maximum Gasteiger partial charge on any atom is 0.137 e. The van der Waals surface area contributed by atoms with Gasteiger partial charge in [-0.15, -0.1) is 0 Å². The molecule has 0 amide bonds. The smallest absolute Gasteiger partial charge is 0.137 e. The molecule has 1 saturated carbocycles. The standard InChI is InChI=1S/C18H19N5/c1-2-15-13(8-21-18(15)19-6-1)10-23-7-5-16-14(11-23)9-20-17(22-16)12-3-4-12/h1-2,6,8-9,12H,3-5,7,10-11H2,(H,19,21). The van der Waals surface area contributed by atoms with Crippen molar-refractivity contribution in [3.05, 3.63) is 53.4 Å². The summed E-state index contributed by atoms with van der Waals surface area (Å²) in [6.07, 6.45) is 9.52. The lowest BCUT2D eigenvalue weighted by Crippen LogP contribution is -2.31. The van der Waals surface area contributed by atoms with Gasteiger partial charge in [-0.05, 0) is 30.5 Å². The number of rotatable bonds is 3. The van der Waals surface area contributed by atoms with E-state index in [0.29, 0.717) is 5.92 Å². The fourth-order valence-corrected chi connectivity index (χ4v) is 3.45. The lowest BCUT2D eigenvalue weighted by Gasteiger charge is -2.27. The number of pyridine rings is 1. The number of nitrogens with zero attached hydrogens (tertiary/aromatic N) is 4. The number of aromatic amines is 1. The lowest BCUT2D eigenvalue weighted by molar-refractivity contribution is 0.243. The molecule has 3 aromatic rings. The Balaban J connectivity index is 1.37. The predicted octanol–water partition coefficient (Wildman–Crippen LogP) is 2.79. The normalized spacial score (nSPS) is 18.3. The van der Waals surface area contributed by atoms with Crippen LogP contribution >= 0.6 is 0 Å². The zero-order valence-electron chi connectivity index (χ0n) is 13.0. The summed E-state index contributed by atoms with van der Waals surface area (Å²) in [5.41, 5.74) is 4.83. The van der Waals surface area contributed by atoms with E-state index in [9.17, 15) is 0 Å². The highest BCUT2D eigenvalue weighted by molar-refractivity contribution is 5.79. The zero-order valence-corrected chi connectivity index (χ0v) is 13.0. The molecular formula is C18H19N5. The van der Waals surface area contributed by atoms with Crippen LogP contribution in [0.3, 0.4) is 0 Å². The van der Waals surface area contributed by atoms with E-state index >= 15 is 0 Å². The fourth-order valence-electron chi connectivity index (χ4n) is 3.45. The molecule has 5 rings (SSSR count). The van der Waals surface area contributed by atoms with Gasteiger partial charge in [-0.2, -0.15) is 0 Å². The van der Waals surface area contributed by atoms with Crippen molar-refractivity contribution in [2.24, 2.45) is 0 Å². The van der Waals surface area contributed by atoms with E-state index in [2.05, 4.69) is 38.3 Å². The first-order chi connectivity index (χ1) is 11.4. The monoisotopic (exact) mass is 305 g/mol. The second-order valence-electron chi connectivity index (χ2n) is 6.65. The van der Waals surface area contributed by atoms with E-state index in [0.717, 1.165) is 37.5 Å². The summed E-state index contributed by atoms with van der Waals surface area (Å²) in [7, 11) is 0. The number of H-pyrrole nitrogens is 1. The van der Waals surface area contributed by atoms with Gasteiger partial charge in [0.1, 0.15) is 11.5 Å². The molecule has 3 aromatic heterocycles. The van der Waals surface area contributed by atoms with Crippen molar-refractivity contribution in [2.75, 3.05) is 6.54 Å². The Morgan fingerprint density at radius 1 is 1.26 bits per heavy atom. The molecule has 0 aromatic carbocycles.